The number of aliphatic hydroxyl groups excluding tert-OH is 2. The molecule has 21 heavy (non-hydrogen) atoms. The Labute approximate surface area is 129 Å². The van der Waals surface area contributed by atoms with E-state index in [4.69, 9.17) is 20.6 Å². The lowest BCUT2D eigenvalue weighted by Gasteiger charge is -2.40. The van der Waals surface area contributed by atoms with Crippen LogP contribution in [0, 0.1) is 12.3 Å². The van der Waals surface area contributed by atoms with E-state index in [1.165, 1.54) is 0 Å². The van der Waals surface area contributed by atoms with E-state index in [1.807, 2.05) is 18.2 Å². The van der Waals surface area contributed by atoms with Gasteiger partial charge in [-0.15, -0.1) is 19.1 Å². The normalized spacial score (nSPS) is 32.4. The lowest BCUT2D eigenvalue weighted by atomic mass is 10.00. The van der Waals surface area contributed by atoms with Crippen molar-refractivity contribution in [3.63, 3.8) is 0 Å². The maximum atomic E-state index is 10.2. The number of aliphatic hydroxyl groups is 2. The molecule has 2 rings (SSSR count). The van der Waals surface area contributed by atoms with Crippen LogP contribution in [-0.4, -0.2) is 53.3 Å². The fourth-order valence-electron chi connectivity index (χ4n) is 2.09. The van der Waals surface area contributed by atoms with E-state index in [9.17, 15) is 10.2 Å². The van der Waals surface area contributed by atoms with E-state index in [1.54, 1.807) is 12.1 Å². The van der Waals surface area contributed by atoms with Crippen molar-refractivity contribution in [3.8, 4) is 18.1 Å². The Morgan fingerprint density at radius 2 is 1.95 bits per heavy atom. The molecule has 0 aliphatic carbocycles. The first-order valence-corrected chi connectivity index (χ1v) is 7.07. The molecule has 0 radical (unpaired) electrons. The van der Waals surface area contributed by atoms with E-state index in [-0.39, 0.29) is 13.2 Å². The number of para-hydroxylation sites is 1. The summed E-state index contributed by atoms with van der Waals surface area (Å²) in [6, 6.07) is 9.17. The third-order valence-electron chi connectivity index (χ3n) is 3.18. The first-order chi connectivity index (χ1) is 10.1. The summed E-state index contributed by atoms with van der Waals surface area (Å²) >= 11 is 4.15. The minimum Gasteiger partial charge on any atom is -0.491 e. The molecule has 0 aromatic heterocycles. The number of terminal acetylenes is 1. The highest BCUT2D eigenvalue weighted by molar-refractivity contribution is 7.80. The molecule has 6 heteroatoms. The summed E-state index contributed by atoms with van der Waals surface area (Å²) in [5.74, 6) is 2.97. The average molecular weight is 310 g/mol. The SMILES string of the molecule is C#CCO[C@@H]1[C@@H](O)[C@H](S)O[C@H](COc2ccccc2)[C@@H]1O. The van der Waals surface area contributed by atoms with Gasteiger partial charge in [0.2, 0.25) is 0 Å². The number of hydrogen-bond donors (Lipinski definition) is 3. The summed E-state index contributed by atoms with van der Waals surface area (Å²) in [4.78, 5) is 0. The molecule has 114 valence electrons. The number of hydrogen-bond acceptors (Lipinski definition) is 6. The standard InChI is InChI=1S/C15H18O5S/c1-2-8-18-14-12(16)11(20-15(21)13(14)17)9-19-10-6-4-3-5-7-10/h1,3-7,11-17,21H,8-9H2/t11-,12+,13-,14+,15+/m1/s1. The third kappa shape index (κ3) is 4.13. The summed E-state index contributed by atoms with van der Waals surface area (Å²) in [5, 5.41) is 20.2. The average Bonchev–Trinajstić information content (AvgIpc) is 2.51. The van der Waals surface area contributed by atoms with Crippen LogP contribution in [-0.2, 0) is 9.47 Å². The van der Waals surface area contributed by atoms with Crippen molar-refractivity contribution in [2.75, 3.05) is 13.2 Å². The maximum Gasteiger partial charge on any atom is 0.129 e. The molecular formula is C15H18O5S. The van der Waals surface area contributed by atoms with Crippen LogP contribution in [0.2, 0.25) is 0 Å². The molecule has 1 saturated heterocycles. The van der Waals surface area contributed by atoms with Gasteiger partial charge in [0.05, 0.1) is 0 Å². The van der Waals surface area contributed by atoms with Crippen LogP contribution in [0.5, 0.6) is 5.75 Å². The van der Waals surface area contributed by atoms with Crippen LogP contribution >= 0.6 is 12.6 Å². The van der Waals surface area contributed by atoms with Crippen molar-refractivity contribution in [1.82, 2.24) is 0 Å². The van der Waals surface area contributed by atoms with Gasteiger partial charge in [0, 0.05) is 0 Å². The van der Waals surface area contributed by atoms with Gasteiger partial charge in [-0.3, -0.25) is 0 Å². The fourth-order valence-corrected chi connectivity index (χ4v) is 2.42. The second-order valence-electron chi connectivity index (χ2n) is 4.65. The molecule has 0 saturated carbocycles. The van der Waals surface area contributed by atoms with Gasteiger partial charge in [-0.05, 0) is 12.1 Å². The molecule has 1 aromatic rings. The molecule has 5 atom stereocenters. The second-order valence-corrected chi connectivity index (χ2v) is 5.16. The molecule has 0 unspecified atom stereocenters. The molecule has 1 aliphatic heterocycles. The monoisotopic (exact) mass is 310 g/mol. The van der Waals surface area contributed by atoms with Crippen LogP contribution in [0.4, 0.5) is 0 Å². The lowest BCUT2D eigenvalue weighted by molar-refractivity contribution is -0.214. The zero-order chi connectivity index (χ0) is 15.2. The van der Waals surface area contributed by atoms with Gasteiger partial charge in [-0.2, -0.15) is 0 Å². The Kier molecular flexibility index (Phi) is 5.91. The number of thiol groups is 1. The molecule has 0 spiro atoms. The van der Waals surface area contributed by atoms with Gasteiger partial charge in [-0.1, -0.05) is 24.1 Å². The van der Waals surface area contributed by atoms with Crippen molar-refractivity contribution >= 4 is 12.6 Å². The summed E-state index contributed by atoms with van der Waals surface area (Å²) in [6.07, 6.45) is 1.48. The molecule has 1 heterocycles. The second kappa shape index (κ2) is 7.69. The minimum absolute atomic E-state index is 0.00839. The number of ether oxygens (including phenoxy) is 3. The maximum absolute atomic E-state index is 10.2. The summed E-state index contributed by atoms with van der Waals surface area (Å²) in [6.45, 7) is 0.108. The minimum atomic E-state index is -1.07. The highest BCUT2D eigenvalue weighted by atomic mass is 32.1. The lowest BCUT2D eigenvalue weighted by Crippen LogP contribution is -2.58. The van der Waals surface area contributed by atoms with Gasteiger partial charge in [0.15, 0.2) is 0 Å². The van der Waals surface area contributed by atoms with Crippen LogP contribution in [0.3, 0.4) is 0 Å². The van der Waals surface area contributed by atoms with E-state index in [0.29, 0.717) is 5.75 Å². The Balaban J connectivity index is 1.97. The predicted octanol–water partition coefficient (Wildman–Crippen LogP) is 0.460. The van der Waals surface area contributed by atoms with Crippen molar-refractivity contribution < 1.29 is 24.4 Å². The number of rotatable bonds is 5. The first kappa shape index (κ1) is 16.1. The molecule has 0 bridgehead atoms. The topological polar surface area (TPSA) is 68.2 Å². The summed E-state index contributed by atoms with van der Waals surface area (Å²) < 4.78 is 16.3. The largest absolute Gasteiger partial charge is 0.491 e. The van der Waals surface area contributed by atoms with Crippen LogP contribution in [0.1, 0.15) is 0 Å². The van der Waals surface area contributed by atoms with E-state index in [2.05, 4.69) is 18.5 Å². The smallest absolute Gasteiger partial charge is 0.129 e. The molecule has 5 nitrogen and oxygen atoms in total. The molecule has 1 fully saturated rings. The highest BCUT2D eigenvalue weighted by Gasteiger charge is 2.44. The van der Waals surface area contributed by atoms with Gasteiger partial charge in [-0.25, -0.2) is 0 Å². The number of benzene rings is 1. The van der Waals surface area contributed by atoms with Crippen molar-refractivity contribution in [1.29, 1.82) is 0 Å². The van der Waals surface area contributed by atoms with Gasteiger partial charge in [0.1, 0.15) is 48.8 Å². The Morgan fingerprint density at radius 3 is 2.62 bits per heavy atom. The van der Waals surface area contributed by atoms with Gasteiger partial charge >= 0.3 is 0 Å². The molecule has 0 amide bonds. The quantitative estimate of drug-likeness (QED) is 0.545. The van der Waals surface area contributed by atoms with Gasteiger partial charge in [0.25, 0.3) is 0 Å². The highest BCUT2D eigenvalue weighted by Crippen LogP contribution is 2.26. The first-order valence-electron chi connectivity index (χ1n) is 6.56. The zero-order valence-corrected chi connectivity index (χ0v) is 12.2. The van der Waals surface area contributed by atoms with E-state index >= 15 is 0 Å². The Hall–Kier alpha value is -1.23. The molecule has 1 aromatic carbocycles. The Bertz CT molecular complexity index is 475. The fraction of sp³-hybridized carbons (Fsp3) is 0.467. The zero-order valence-electron chi connectivity index (χ0n) is 11.3. The third-order valence-corrected chi connectivity index (χ3v) is 3.60. The van der Waals surface area contributed by atoms with E-state index in [0.717, 1.165) is 0 Å². The summed E-state index contributed by atoms with van der Waals surface area (Å²) in [5.41, 5.74) is -0.777. The van der Waals surface area contributed by atoms with Gasteiger partial charge < -0.3 is 24.4 Å². The van der Waals surface area contributed by atoms with E-state index < -0.39 is 29.9 Å². The predicted molar refractivity (Wildman–Crippen MR) is 80.2 cm³/mol. The van der Waals surface area contributed by atoms with Crippen molar-refractivity contribution in [3.05, 3.63) is 30.3 Å². The van der Waals surface area contributed by atoms with Crippen molar-refractivity contribution in [2.45, 2.75) is 29.9 Å². The molecule has 2 N–H and O–H groups in total. The van der Waals surface area contributed by atoms with Crippen molar-refractivity contribution in [2.24, 2.45) is 0 Å². The van der Waals surface area contributed by atoms with Crippen LogP contribution < -0.4 is 4.74 Å². The molecular weight excluding hydrogens is 292 g/mol. The summed E-state index contributed by atoms with van der Waals surface area (Å²) in [7, 11) is 0. The molecule has 1 aliphatic rings. The van der Waals surface area contributed by atoms with Crippen LogP contribution in [0.15, 0.2) is 30.3 Å². The Morgan fingerprint density at radius 1 is 1.24 bits per heavy atom. The van der Waals surface area contributed by atoms with Crippen LogP contribution in [0.25, 0.3) is 0 Å².